The van der Waals surface area contributed by atoms with Crippen molar-refractivity contribution in [2.45, 2.75) is 25.0 Å². The van der Waals surface area contributed by atoms with Gasteiger partial charge >= 0.3 is 5.76 Å². The first-order chi connectivity index (χ1) is 15.9. The lowest BCUT2D eigenvalue weighted by Crippen LogP contribution is -2.39. The molecule has 2 atom stereocenters. The fraction of sp³-hybridized carbons (Fsp3) is 0.375. The van der Waals surface area contributed by atoms with Crippen molar-refractivity contribution in [2.75, 3.05) is 33.3 Å². The number of hydrogen-bond donors (Lipinski definition) is 2. The molecular weight excluding hydrogens is 424 g/mol. The van der Waals surface area contributed by atoms with Gasteiger partial charge in [-0.2, -0.15) is 5.26 Å². The molecule has 9 heteroatoms. The Bertz CT molecular complexity index is 1230. The summed E-state index contributed by atoms with van der Waals surface area (Å²) >= 11 is 0. The Kier molecular flexibility index (Phi) is 6.77. The summed E-state index contributed by atoms with van der Waals surface area (Å²) in [4.78, 5) is 31.1. The van der Waals surface area contributed by atoms with Crippen molar-refractivity contribution in [1.29, 1.82) is 5.26 Å². The maximum absolute atomic E-state index is 13.3. The van der Waals surface area contributed by atoms with E-state index in [2.05, 4.69) is 9.88 Å². The smallest absolute Gasteiger partial charge is 0.417 e. The molecule has 0 aliphatic carbocycles. The highest BCUT2D eigenvalue weighted by molar-refractivity contribution is 5.81. The minimum Gasteiger partial charge on any atom is -0.479 e. The van der Waals surface area contributed by atoms with Crippen LogP contribution in [0.15, 0.2) is 51.7 Å². The highest BCUT2D eigenvalue weighted by Gasteiger charge is 2.28. The van der Waals surface area contributed by atoms with Crippen molar-refractivity contribution >= 4 is 17.0 Å². The third-order valence-electron chi connectivity index (χ3n) is 5.92. The van der Waals surface area contributed by atoms with E-state index >= 15 is 0 Å². The zero-order chi connectivity index (χ0) is 23.4. The fourth-order valence-corrected chi connectivity index (χ4v) is 4.18. The molecule has 1 aliphatic heterocycles. The number of rotatable bonds is 8. The number of aromatic nitrogens is 1. The molecule has 1 aliphatic rings. The van der Waals surface area contributed by atoms with Crippen LogP contribution in [0.5, 0.6) is 5.75 Å². The lowest BCUT2D eigenvalue weighted by molar-refractivity contribution is -0.131. The molecule has 1 fully saturated rings. The van der Waals surface area contributed by atoms with Gasteiger partial charge in [0.2, 0.25) is 5.91 Å². The van der Waals surface area contributed by atoms with E-state index in [0.29, 0.717) is 36.4 Å². The van der Waals surface area contributed by atoms with Gasteiger partial charge in [0.1, 0.15) is 11.8 Å². The number of carbonyl (C=O) groups is 1. The van der Waals surface area contributed by atoms with E-state index in [1.165, 1.54) is 0 Å². The van der Waals surface area contributed by atoms with Gasteiger partial charge in [0, 0.05) is 26.7 Å². The van der Waals surface area contributed by atoms with Gasteiger partial charge in [-0.25, -0.2) is 4.79 Å². The second-order valence-corrected chi connectivity index (χ2v) is 8.26. The van der Waals surface area contributed by atoms with Crippen LogP contribution < -0.4 is 10.5 Å². The molecule has 2 aromatic carbocycles. The molecule has 4 rings (SSSR count). The molecule has 0 spiro atoms. The summed E-state index contributed by atoms with van der Waals surface area (Å²) in [6.07, 6.45) is 0.503. The summed E-state index contributed by atoms with van der Waals surface area (Å²) in [7, 11) is 1.76. The first-order valence-electron chi connectivity index (χ1n) is 10.8. The zero-order valence-corrected chi connectivity index (χ0v) is 18.4. The SMILES string of the molecule is CN(C(=O)Cc1ccc2oc(=O)[nH]c2c1)[C@H](CN1CC[C@H](O)C1)c1cccc(OCC#N)c1. The van der Waals surface area contributed by atoms with Crippen LogP contribution >= 0.6 is 0 Å². The molecule has 0 bridgehead atoms. The van der Waals surface area contributed by atoms with Crippen LogP contribution in [0.2, 0.25) is 0 Å². The number of oxazole rings is 1. The predicted octanol–water partition coefficient (Wildman–Crippen LogP) is 1.83. The van der Waals surface area contributed by atoms with E-state index in [0.717, 1.165) is 17.7 Å². The number of likely N-dealkylation sites (N-methyl/N-ethyl adjacent to an activating group) is 1. The van der Waals surface area contributed by atoms with Crippen LogP contribution in [0.25, 0.3) is 11.1 Å². The van der Waals surface area contributed by atoms with Crippen LogP contribution in [0.3, 0.4) is 0 Å². The molecular formula is C24H26N4O5. The molecule has 3 aromatic rings. The van der Waals surface area contributed by atoms with Crippen LogP contribution in [-0.2, 0) is 11.2 Å². The predicted molar refractivity (Wildman–Crippen MR) is 121 cm³/mol. The number of aliphatic hydroxyl groups excluding tert-OH is 1. The minimum atomic E-state index is -0.531. The van der Waals surface area contributed by atoms with E-state index in [1.54, 1.807) is 36.2 Å². The first-order valence-corrected chi connectivity index (χ1v) is 10.8. The van der Waals surface area contributed by atoms with Crippen molar-refractivity contribution in [3.8, 4) is 11.8 Å². The highest BCUT2D eigenvalue weighted by Crippen LogP contribution is 2.27. The summed E-state index contributed by atoms with van der Waals surface area (Å²) in [6.45, 7) is 1.83. The third-order valence-corrected chi connectivity index (χ3v) is 5.92. The van der Waals surface area contributed by atoms with E-state index in [-0.39, 0.29) is 31.1 Å². The molecule has 0 radical (unpaired) electrons. The minimum absolute atomic E-state index is 0.0558. The van der Waals surface area contributed by atoms with Gasteiger partial charge in [0.25, 0.3) is 0 Å². The lowest BCUT2D eigenvalue weighted by Gasteiger charge is -2.32. The third kappa shape index (κ3) is 5.42. The van der Waals surface area contributed by atoms with Gasteiger partial charge in [0.15, 0.2) is 12.2 Å². The number of likely N-dealkylation sites (tertiary alicyclic amines) is 1. The van der Waals surface area contributed by atoms with Crippen molar-refractivity contribution in [2.24, 2.45) is 0 Å². The summed E-state index contributed by atoms with van der Waals surface area (Å²) in [6, 6.07) is 14.3. The second kappa shape index (κ2) is 9.90. The number of ether oxygens (including phenoxy) is 1. The molecule has 9 nitrogen and oxygen atoms in total. The van der Waals surface area contributed by atoms with Crippen LogP contribution in [0.1, 0.15) is 23.6 Å². The number of β-amino-alcohol motifs (C(OH)–C–C–N with tert-alkyl or cyclic N) is 1. The quantitative estimate of drug-likeness (QED) is 0.537. The fourth-order valence-electron chi connectivity index (χ4n) is 4.18. The maximum Gasteiger partial charge on any atom is 0.417 e. The number of aliphatic hydroxyl groups is 1. The van der Waals surface area contributed by atoms with Crippen molar-refractivity contribution in [3.63, 3.8) is 0 Å². The Hall–Kier alpha value is -3.61. The molecule has 2 N–H and O–H groups in total. The summed E-state index contributed by atoms with van der Waals surface area (Å²) in [5, 5.41) is 18.8. The Morgan fingerprint density at radius 1 is 1.39 bits per heavy atom. The zero-order valence-electron chi connectivity index (χ0n) is 18.4. The molecule has 0 unspecified atom stereocenters. The van der Waals surface area contributed by atoms with E-state index in [4.69, 9.17) is 14.4 Å². The van der Waals surface area contributed by atoms with Gasteiger partial charge < -0.3 is 19.2 Å². The number of nitrogens with zero attached hydrogens (tertiary/aromatic N) is 3. The van der Waals surface area contributed by atoms with Crippen molar-refractivity contribution < 1.29 is 19.1 Å². The van der Waals surface area contributed by atoms with Crippen molar-refractivity contribution in [1.82, 2.24) is 14.8 Å². The Morgan fingerprint density at radius 2 is 2.24 bits per heavy atom. The molecule has 1 aromatic heterocycles. The highest BCUT2D eigenvalue weighted by atomic mass is 16.5. The van der Waals surface area contributed by atoms with E-state index < -0.39 is 5.76 Å². The molecule has 33 heavy (non-hydrogen) atoms. The number of benzene rings is 2. The van der Waals surface area contributed by atoms with Crippen LogP contribution in [0.4, 0.5) is 0 Å². The first kappa shape index (κ1) is 22.6. The molecule has 1 amide bonds. The molecule has 172 valence electrons. The standard InChI is InChI=1S/C24H26N4O5/c1-27(23(30)12-16-5-6-22-20(11-16)26-24(31)33-22)21(15-28-9-7-18(29)14-28)17-3-2-4-19(13-17)32-10-8-25/h2-6,11,13,18,21,29H,7,9-10,12,14-15H2,1H3,(H,26,31)/t18-,21+/m0/s1. The normalized spacial score (nSPS) is 17.1. The number of carbonyl (C=O) groups excluding carboxylic acids is 1. The van der Waals surface area contributed by atoms with Crippen LogP contribution in [-0.4, -0.2) is 65.2 Å². The average molecular weight is 450 g/mol. The van der Waals surface area contributed by atoms with Gasteiger partial charge in [-0.3, -0.25) is 14.7 Å². The van der Waals surface area contributed by atoms with Gasteiger partial charge in [-0.15, -0.1) is 0 Å². The van der Waals surface area contributed by atoms with Gasteiger partial charge in [0.05, 0.1) is 24.1 Å². The largest absolute Gasteiger partial charge is 0.479 e. The maximum atomic E-state index is 13.3. The van der Waals surface area contributed by atoms with E-state index in [9.17, 15) is 14.7 Å². The number of fused-ring (bicyclic) bond motifs is 1. The van der Waals surface area contributed by atoms with Gasteiger partial charge in [-0.05, 0) is 41.8 Å². The Labute approximate surface area is 190 Å². The molecule has 1 saturated heterocycles. The molecule has 0 saturated carbocycles. The second-order valence-electron chi connectivity index (χ2n) is 8.26. The Morgan fingerprint density at radius 3 is 3.00 bits per heavy atom. The number of amides is 1. The van der Waals surface area contributed by atoms with Gasteiger partial charge in [-0.1, -0.05) is 18.2 Å². The summed E-state index contributed by atoms with van der Waals surface area (Å²) < 4.78 is 10.5. The molecule has 2 heterocycles. The van der Waals surface area contributed by atoms with Crippen LogP contribution in [0, 0.1) is 11.3 Å². The summed E-state index contributed by atoms with van der Waals surface area (Å²) in [5.41, 5.74) is 2.65. The lowest BCUT2D eigenvalue weighted by atomic mass is 10.0. The monoisotopic (exact) mass is 450 g/mol. The number of hydrogen-bond acceptors (Lipinski definition) is 7. The van der Waals surface area contributed by atoms with Crippen molar-refractivity contribution in [3.05, 3.63) is 64.1 Å². The number of aromatic amines is 1. The topological polar surface area (TPSA) is 123 Å². The number of nitrogens with one attached hydrogen (secondary N) is 1. The number of nitriles is 1. The summed E-state index contributed by atoms with van der Waals surface area (Å²) in [5.74, 6) is -0.0547. The Balaban J connectivity index is 1.55. The number of H-pyrrole nitrogens is 1. The van der Waals surface area contributed by atoms with E-state index in [1.807, 2.05) is 24.3 Å². The average Bonchev–Trinajstić information content (AvgIpc) is 3.39.